The predicted octanol–water partition coefficient (Wildman–Crippen LogP) is 3.82. The van der Waals surface area contributed by atoms with Crippen LogP contribution in [0.1, 0.15) is 25.3 Å². The lowest BCUT2D eigenvalue weighted by Gasteiger charge is -2.17. The summed E-state index contributed by atoms with van der Waals surface area (Å²) in [6, 6.07) is 14.8. The molecule has 2 N–H and O–H groups in total. The third-order valence-corrected chi connectivity index (χ3v) is 4.88. The molecule has 27 heavy (non-hydrogen) atoms. The second-order valence-electron chi connectivity index (χ2n) is 6.60. The number of rotatable bonds is 8. The third-order valence-electron chi connectivity index (χ3n) is 4.64. The molecule has 2 amide bonds. The van der Waals surface area contributed by atoms with E-state index in [0.29, 0.717) is 48.9 Å². The molecule has 0 bridgehead atoms. The lowest BCUT2D eigenvalue weighted by atomic mass is 10.0. The molecule has 142 valence electrons. The number of anilines is 1. The zero-order valence-corrected chi connectivity index (χ0v) is 16.0. The first-order valence-corrected chi connectivity index (χ1v) is 9.49. The number of carbonyl (C=O) groups excluding carboxylic acids is 2. The standard InChI is InChI=1S/C21H23ClN2O3/c1-2-27-18-9-4-3-8-17(18)24-20(26)21(11-12-21)19(25)23-13-10-15-6-5-7-16(22)14-15/h3-9,14H,2,10-13H2,1H3,(H,23,25)(H,24,26). The van der Waals surface area contributed by atoms with Crippen molar-refractivity contribution in [2.75, 3.05) is 18.5 Å². The third kappa shape index (κ3) is 4.61. The van der Waals surface area contributed by atoms with Gasteiger partial charge < -0.3 is 15.4 Å². The van der Waals surface area contributed by atoms with E-state index in [4.69, 9.17) is 16.3 Å². The highest BCUT2D eigenvalue weighted by atomic mass is 35.5. The van der Waals surface area contributed by atoms with Crippen molar-refractivity contribution in [1.82, 2.24) is 5.32 Å². The number of halogens is 1. The Morgan fingerprint density at radius 2 is 1.89 bits per heavy atom. The van der Waals surface area contributed by atoms with E-state index in [9.17, 15) is 9.59 Å². The number of nitrogens with one attached hydrogen (secondary N) is 2. The van der Waals surface area contributed by atoms with Crippen LogP contribution in [0.15, 0.2) is 48.5 Å². The number of hydrogen-bond acceptors (Lipinski definition) is 3. The molecule has 0 unspecified atom stereocenters. The van der Waals surface area contributed by atoms with Crippen LogP contribution in [0, 0.1) is 5.41 Å². The molecule has 0 radical (unpaired) electrons. The number of carbonyl (C=O) groups is 2. The summed E-state index contributed by atoms with van der Waals surface area (Å²) in [5.41, 5.74) is 0.651. The van der Waals surface area contributed by atoms with E-state index in [1.165, 1.54) is 0 Å². The number of benzene rings is 2. The Morgan fingerprint density at radius 3 is 2.59 bits per heavy atom. The molecule has 0 spiro atoms. The monoisotopic (exact) mass is 386 g/mol. The summed E-state index contributed by atoms with van der Waals surface area (Å²) >= 11 is 5.97. The molecule has 1 saturated carbocycles. The summed E-state index contributed by atoms with van der Waals surface area (Å²) in [7, 11) is 0. The van der Waals surface area contributed by atoms with Crippen molar-refractivity contribution in [1.29, 1.82) is 0 Å². The van der Waals surface area contributed by atoms with Crippen molar-refractivity contribution in [3.63, 3.8) is 0 Å². The summed E-state index contributed by atoms with van der Waals surface area (Å²) in [4.78, 5) is 25.3. The van der Waals surface area contributed by atoms with Gasteiger partial charge in [-0.3, -0.25) is 9.59 Å². The maximum Gasteiger partial charge on any atom is 0.240 e. The second-order valence-corrected chi connectivity index (χ2v) is 7.04. The largest absolute Gasteiger partial charge is 0.492 e. The highest BCUT2D eigenvalue weighted by Gasteiger charge is 2.56. The lowest BCUT2D eigenvalue weighted by Crippen LogP contribution is -2.40. The highest BCUT2D eigenvalue weighted by Crippen LogP contribution is 2.47. The fraction of sp³-hybridized carbons (Fsp3) is 0.333. The smallest absolute Gasteiger partial charge is 0.240 e. The number of hydrogen-bond donors (Lipinski definition) is 2. The molecular weight excluding hydrogens is 364 g/mol. The molecule has 1 aliphatic carbocycles. The summed E-state index contributed by atoms with van der Waals surface area (Å²) in [6.45, 7) is 2.85. The highest BCUT2D eigenvalue weighted by molar-refractivity contribution is 6.30. The van der Waals surface area contributed by atoms with Crippen LogP contribution >= 0.6 is 11.6 Å². The average Bonchev–Trinajstić information content (AvgIpc) is 3.46. The molecule has 1 fully saturated rings. The van der Waals surface area contributed by atoms with Crippen molar-refractivity contribution in [2.24, 2.45) is 5.41 Å². The van der Waals surface area contributed by atoms with Crippen molar-refractivity contribution < 1.29 is 14.3 Å². The number of amides is 2. The summed E-state index contributed by atoms with van der Waals surface area (Å²) in [5, 5.41) is 6.41. The van der Waals surface area contributed by atoms with Gasteiger partial charge in [-0.1, -0.05) is 35.9 Å². The van der Waals surface area contributed by atoms with Gasteiger partial charge in [-0.25, -0.2) is 0 Å². The number of para-hydroxylation sites is 2. The van der Waals surface area contributed by atoms with Crippen LogP contribution in [0.2, 0.25) is 5.02 Å². The second kappa shape index (κ2) is 8.44. The molecule has 5 nitrogen and oxygen atoms in total. The fourth-order valence-electron chi connectivity index (χ4n) is 2.96. The Kier molecular flexibility index (Phi) is 6.01. The molecule has 0 aliphatic heterocycles. The summed E-state index contributed by atoms with van der Waals surface area (Å²) in [6.07, 6.45) is 1.77. The van der Waals surface area contributed by atoms with Crippen LogP contribution in [-0.2, 0) is 16.0 Å². The maximum absolute atomic E-state index is 12.7. The van der Waals surface area contributed by atoms with E-state index in [1.807, 2.05) is 43.3 Å². The lowest BCUT2D eigenvalue weighted by molar-refractivity contribution is -0.134. The molecule has 0 saturated heterocycles. The van der Waals surface area contributed by atoms with E-state index in [2.05, 4.69) is 10.6 Å². The van der Waals surface area contributed by atoms with Crippen molar-refractivity contribution in [2.45, 2.75) is 26.2 Å². The topological polar surface area (TPSA) is 67.4 Å². The van der Waals surface area contributed by atoms with Crippen molar-refractivity contribution >= 4 is 29.1 Å². The maximum atomic E-state index is 12.7. The minimum Gasteiger partial charge on any atom is -0.492 e. The zero-order chi connectivity index (χ0) is 19.3. The van der Waals surface area contributed by atoms with E-state index >= 15 is 0 Å². The van der Waals surface area contributed by atoms with Crippen molar-refractivity contribution in [3.05, 3.63) is 59.1 Å². The predicted molar refractivity (Wildman–Crippen MR) is 106 cm³/mol. The molecular formula is C21H23ClN2O3. The Hall–Kier alpha value is -2.53. The van der Waals surface area contributed by atoms with E-state index in [1.54, 1.807) is 12.1 Å². The van der Waals surface area contributed by atoms with Crippen LogP contribution < -0.4 is 15.4 Å². The zero-order valence-electron chi connectivity index (χ0n) is 15.3. The Bertz CT molecular complexity index is 834. The fourth-order valence-corrected chi connectivity index (χ4v) is 3.17. The summed E-state index contributed by atoms with van der Waals surface area (Å²) in [5.74, 6) is 0.0938. The quantitative estimate of drug-likeness (QED) is 0.678. The molecule has 2 aromatic rings. The molecule has 1 aliphatic rings. The van der Waals surface area contributed by atoms with Gasteiger partial charge in [-0.2, -0.15) is 0 Å². The van der Waals surface area contributed by atoms with Crippen LogP contribution in [0.25, 0.3) is 0 Å². The van der Waals surface area contributed by atoms with Crippen LogP contribution in [-0.4, -0.2) is 25.0 Å². The van der Waals surface area contributed by atoms with E-state index < -0.39 is 5.41 Å². The SMILES string of the molecule is CCOc1ccccc1NC(=O)C1(C(=O)NCCc2cccc(Cl)c2)CC1. The average molecular weight is 387 g/mol. The van der Waals surface area contributed by atoms with Crippen LogP contribution in [0.5, 0.6) is 5.75 Å². The van der Waals surface area contributed by atoms with Crippen molar-refractivity contribution in [3.8, 4) is 5.75 Å². The van der Waals surface area contributed by atoms with Gasteiger partial charge in [0.05, 0.1) is 12.3 Å². The Balaban J connectivity index is 1.57. The molecule has 0 aromatic heterocycles. The first-order valence-electron chi connectivity index (χ1n) is 9.11. The molecule has 6 heteroatoms. The normalized spacial score (nSPS) is 14.3. The van der Waals surface area contributed by atoms with Gasteiger partial charge in [0.2, 0.25) is 11.8 Å². The van der Waals surface area contributed by atoms with Crippen LogP contribution in [0.3, 0.4) is 0 Å². The van der Waals surface area contributed by atoms with Gasteiger partial charge in [-0.15, -0.1) is 0 Å². The van der Waals surface area contributed by atoms with Gasteiger partial charge in [0.25, 0.3) is 0 Å². The van der Waals surface area contributed by atoms with Gasteiger partial charge in [0, 0.05) is 11.6 Å². The Morgan fingerprint density at radius 1 is 1.11 bits per heavy atom. The van der Waals surface area contributed by atoms with Gasteiger partial charge >= 0.3 is 0 Å². The van der Waals surface area contributed by atoms with Crippen LogP contribution in [0.4, 0.5) is 5.69 Å². The minimum atomic E-state index is -0.979. The van der Waals surface area contributed by atoms with Gasteiger partial charge in [-0.05, 0) is 56.0 Å². The molecule has 0 heterocycles. The Labute approximate surface area is 164 Å². The van der Waals surface area contributed by atoms with Gasteiger partial charge in [0.15, 0.2) is 0 Å². The number of ether oxygens (including phenoxy) is 1. The molecule has 3 rings (SSSR count). The first kappa shape index (κ1) is 19.2. The summed E-state index contributed by atoms with van der Waals surface area (Å²) < 4.78 is 5.53. The molecule has 2 aromatic carbocycles. The van der Waals surface area contributed by atoms with Gasteiger partial charge in [0.1, 0.15) is 11.2 Å². The molecule has 0 atom stereocenters. The van der Waals surface area contributed by atoms with E-state index in [-0.39, 0.29) is 11.8 Å². The first-order chi connectivity index (χ1) is 13.0. The minimum absolute atomic E-state index is 0.226. The van der Waals surface area contributed by atoms with E-state index in [0.717, 1.165) is 5.56 Å².